The van der Waals surface area contributed by atoms with Gasteiger partial charge in [-0.05, 0) is 18.6 Å². The SMILES string of the molecule is Cc1ccc(-c2ccccc2OP(O)O)cc1.[Ni]. The van der Waals surface area contributed by atoms with Crippen molar-refractivity contribution in [1.82, 2.24) is 0 Å². The van der Waals surface area contributed by atoms with Gasteiger partial charge in [0.1, 0.15) is 5.75 Å². The van der Waals surface area contributed by atoms with Gasteiger partial charge in [0.15, 0.2) is 0 Å². The molecular formula is C13H13NiO3P. The zero-order valence-electron chi connectivity index (χ0n) is 9.68. The molecule has 0 aromatic heterocycles. The summed E-state index contributed by atoms with van der Waals surface area (Å²) in [5, 5.41) is 0. The Morgan fingerprint density at radius 1 is 0.944 bits per heavy atom. The fraction of sp³-hybridized carbons (Fsp3) is 0.0769. The molecule has 0 unspecified atom stereocenters. The minimum Gasteiger partial charge on any atom is -0.426 e. The van der Waals surface area contributed by atoms with E-state index in [4.69, 9.17) is 14.3 Å². The van der Waals surface area contributed by atoms with Gasteiger partial charge in [0.05, 0.1) is 0 Å². The third-order valence-corrected chi connectivity index (χ3v) is 2.79. The van der Waals surface area contributed by atoms with Gasteiger partial charge in [-0.15, -0.1) is 0 Å². The Hall–Kier alpha value is -0.916. The van der Waals surface area contributed by atoms with E-state index < -0.39 is 8.60 Å². The summed E-state index contributed by atoms with van der Waals surface area (Å²) >= 11 is 0. The molecule has 2 rings (SSSR count). The van der Waals surface area contributed by atoms with Crippen molar-refractivity contribution >= 4 is 8.60 Å². The van der Waals surface area contributed by atoms with Crippen molar-refractivity contribution in [3.8, 4) is 16.9 Å². The number of aryl methyl sites for hydroxylation is 1. The molecule has 5 heteroatoms. The minimum absolute atomic E-state index is 0. The Balaban J connectivity index is 0.00000162. The van der Waals surface area contributed by atoms with Crippen molar-refractivity contribution in [3.05, 3.63) is 54.1 Å². The van der Waals surface area contributed by atoms with Crippen LogP contribution in [0.4, 0.5) is 0 Å². The van der Waals surface area contributed by atoms with Crippen LogP contribution < -0.4 is 4.52 Å². The largest absolute Gasteiger partial charge is 0.426 e. The second kappa shape index (κ2) is 6.87. The van der Waals surface area contributed by atoms with E-state index in [1.165, 1.54) is 5.56 Å². The molecule has 0 bridgehead atoms. The maximum atomic E-state index is 8.92. The van der Waals surface area contributed by atoms with Crippen LogP contribution in [-0.4, -0.2) is 9.79 Å². The van der Waals surface area contributed by atoms with Crippen LogP contribution in [0.25, 0.3) is 11.1 Å². The van der Waals surface area contributed by atoms with Gasteiger partial charge in [0, 0.05) is 22.1 Å². The molecule has 3 nitrogen and oxygen atoms in total. The molecule has 18 heavy (non-hydrogen) atoms. The first-order chi connectivity index (χ1) is 8.16. The zero-order chi connectivity index (χ0) is 12.3. The summed E-state index contributed by atoms with van der Waals surface area (Å²) in [5.74, 6) is 0.479. The topological polar surface area (TPSA) is 49.7 Å². The van der Waals surface area contributed by atoms with Gasteiger partial charge in [-0.3, -0.25) is 0 Å². The van der Waals surface area contributed by atoms with Gasteiger partial charge >= 0.3 is 8.60 Å². The number of benzene rings is 2. The van der Waals surface area contributed by atoms with Gasteiger partial charge in [-0.2, -0.15) is 0 Å². The predicted octanol–water partition coefficient (Wildman–Crippen LogP) is 3.25. The van der Waals surface area contributed by atoms with Crippen molar-refractivity contribution < 1.29 is 30.8 Å². The standard InChI is InChI=1S/C13H13O3P.Ni/c1-10-6-8-11(9-7-10)12-4-2-3-5-13(12)16-17(14)15;/h2-9,14-15H,1H3;. The van der Waals surface area contributed by atoms with E-state index in [1.807, 2.05) is 43.3 Å². The van der Waals surface area contributed by atoms with Crippen LogP contribution in [0.3, 0.4) is 0 Å². The van der Waals surface area contributed by atoms with Crippen molar-refractivity contribution in [2.75, 3.05) is 0 Å². The van der Waals surface area contributed by atoms with Crippen molar-refractivity contribution in [3.63, 3.8) is 0 Å². The monoisotopic (exact) mass is 306 g/mol. The maximum absolute atomic E-state index is 8.92. The van der Waals surface area contributed by atoms with E-state index in [-0.39, 0.29) is 16.5 Å². The maximum Gasteiger partial charge on any atom is 0.391 e. The average molecular weight is 307 g/mol. The van der Waals surface area contributed by atoms with Gasteiger partial charge in [0.2, 0.25) is 0 Å². The summed E-state index contributed by atoms with van der Waals surface area (Å²) in [6, 6.07) is 15.3. The van der Waals surface area contributed by atoms with E-state index >= 15 is 0 Å². The van der Waals surface area contributed by atoms with E-state index in [9.17, 15) is 0 Å². The summed E-state index contributed by atoms with van der Waals surface area (Å²) in [6.07, 6.45) is 0. The Morgan fingerprint density at radius 2 is 1.56 bits per heavy atom. The summed E-state index contributed by atoms with van der Waals surface area (Å²) in [4.78, 5) is 17.8. The Bertz CT molecular complexity index is 500. The normalized spacial score (nSPS) is 10.0. The van der Waals surface area contributed by atoms with Crippen molar-refractivity contribution in [2.24, 2.45) is 0 Å². The Kier molecular flexibility index (Phi) is 5.78. The van der Waals surface area contributed by atoms with Crippen LogP contribution >= 0.6 is 8.60 Å². The molecule has 0 saturated carbocycles. The van der Waals surface area contributed by atoms with E-state index in [0.717, 1.165) is 11.1 Å². The average Bonchev–Trinajstić information content (AvgIpc) is 2.30. The van der Waals surface area contributed by atoms with Gasteiger partial charge in [-0.1, -0.05) is 48.0 Å². The molecule has 0 aliphatic rings. The molecule has 0 heterocycles. The Labute approximate surface area is 117 Å². The summed E-state index contributed by atoms with van der Waals surface area (Å²) in [6.45, 7) is 2.02. The van der Waals surface area contributed by atoms with Crippen LogP contribution in [0.5, 0.6) is 5.75 Å². The number of hydrogen-bond acceptors (Lipinski definition) is 3. The van der Waals surface area contributed by atoms with Crippen molar-refractivity contribution in [1.29, 1.82) is 0 Å². The second-order valence-corrected chi connectivity index (χ2v) is 4.39. The van der Waals surface area contributed by atoms with Gasteiger partial charge in [-0.25, -0.2) is 0 Å². The van der Waals surface area contributed by atoms with Crippen LogP contribution in [0.15, 0.2) is 48.5 Å². The molecule has 98 valence electrons. The smallest absolute Gasteiger partial charge is 0.391 e. The first-order valence-electron chi connectivity index (χ1n) is 5.19. The number of hydrogen-bond donors (Lipinski definition) is 2. The molecule has 0 radical (unpaired) electrons. The predicted molar refractivity (Wildman–Crippen MR) is 68.6 cm³/mol. The number of para-hydroxylation sites is 1. The molecule has 0 aliphatic heterocycles. The molecule has 0 aliphatic carbocycles. The fourth-order valence-electron chi connectivity index (χ4n) is 1.61. The third kappa shape index (κ3) is 3.79. The molecule has 0 saturated heterocycles. The molecule has 2 aromatic carbocycles. The molecule has 0 spiro atoms. The minimum atomic E-state index is -2.39. The summed E-state index contributed by atoms with van der Waals surface area (Å²) in [7, 11) is -2.39. The molecular weight excluding hydrogens is 294 g/mol. The van der Waals surface area contributed by atoms with Crippen LogP contribution in [0, 0.1) is 6.92 Å². The van der Waals surface area contributed by atoms with E-state index in [0.29, 0.717) is 5.75 Å². The summed E-state index contributed by atoms with van der Waals surface area (Å²) in [5.41, 5.74) is 3.02. The van der Waals surface area contributed by atoms with Crippen LogP contribution in [-0.2, 0) is 16.5 Å². The quantitative estimate of drug-likeness (QED) is 0.676. The second-order valence-electron chi connectivity index (χ2n) is 3.71. The zero-order valence-corrected chi connectivity index (χ0v) is 11.6. The van der Waals surface area contributed by atoms with Crippen molar-refractivity contribution in [2.45, 2.75) is 6.92 Å². The summed E-state index contributed by atoms with van der Waals surface area (Å²) < 4.78 is 5.01. The van der Waals surface area contributed by atoms with Gasteiger partial charge < -0.3 is 14.3 Å². The van der Waals surface area contributed by atoms with E-state index in [2.05, 4.69) is 0 Å². The molecule has 2 aromatic rings. The first kappa shape index (κ1) is 15.1. The van der Waals surface area contributed by atoms with Crippen LogP contribution in [0.2, 0.25) is 0 Å². The number of rotatable bonds is 3. The van der Waals surface area contributed by atoms with Gasteiger partial charge in [0.25, 0.3) is 0 Å². The molecule has 0 fully saturated rings. The van der Waals surface area contributed by atoms with E-state index in [1.54, 1.807) is 12.1 Å². The molecule has 0 atom stereocenters. The Morgan fingerprint density at radius 3 is 2.17 bits per heavy atom. The molecule has 0 amide bonds. The van der Waals surface area contributed by atoms with Crippen LogP contribution in [0.1, 0.15) is 5.56 Å². The fourth-order valence-corrected chi connectivity index (χ4v) is 1.94. The first-order valence-corrected chi connectivity index (χ1v) is 6.35. The molecule has 2 N–H and O–H groups in total. The third-order valence-electron chi connectivity index (χ3n) is 2.43.